The summed E-state index contributed by atoms with van der Waals surface area (Å²) in [5, 5.41) is 6.26. The molecule has 0 atom stereocenters. The first-order valence-electron chi connectivity index (χ1n) is 6.58. The minimum atomic E-state index is -0.0773. The third kappa shape index (κ3) is 2.56. The molecular formula is C16H15BrN2O. The summed E-state index contributed by atoms with van der Waals surface area (Å²) in [5.41, 5.74) is 5.00. The van der Waals surface area contributed by atoms with E-state index in [-0.39, 0.29) is 5.91 Å². The maximum absolute atomic E-state index is 12.2. The zero-order valence-corrected chi connectivity index (χ0v) is 12.8. The second-order valence-electron chi connectivity index (χ2n) is 4.97. The van der Waals surface area contributed by atoms with Gasteiger partial charge in [-0.1, -0.05) is 15.9 Å². The molecule has 0 unspecified atom stereocenters. The van der Waals surface area contributed by atoms with Crippen molar-refractivity contribution in [2.75, 3.05) is 17.2 Å². The van der Waals surface area contributed by atoms with Gasteiger partial charge in [-0.25, -0.2) is 0 Å². The summed E-state index contributed by atoms with van der Waals surface area (Å²) in [6, 6.07) is 11.6. The molecule has 4 heteroatoms. The number of hydrogen-bond acceptors (Lipinski definition) is 2. The van der Waals surface area contributed by atoms with Crippen molar-refractivity contribution in [2.45, 2.75) is 13.3 Å². The van der Waals surface area contributed by atoms with Gasteiger partial charge in [0.05, 0.1) is 0 Å². The van der Waals surface area contributed by atoms with Crippen molar-refractivity contribution in [1.29, 1.82) is 0 Å². The quantitative estimate of drug-likeness (QED) is 0.874. The van der Waals surface area contributed by atoms with Crippen LogP contribution in [0.25, 0.3) is 0 Å². The Bertz CT molecular complexity index is 682. The second kappa shape index (κ2) is 5.29. The molecule has 0 saturated carbocycles. The molecule has 1 amide bonds. The van der Waals surface area contributed by atoms with Crippen molar-refractivity contribution in [1.82, 2.24) is 0 Å². The highest BCUT2D eigenvalue weighted by Gasteiger charge is 2.12. The van der Waals surface area contributed by atoms with E-state index in [0.717, 1.165) is 28.7 Å². The first-order valence-corrected chi connectivity index (χ1v) is 7.37. The molecule has 3 rings (SSSR count). The molecule has 0 fully saturated rings. The lowest BCUT2D eigenvalue weighted by molar-refractivity contribution is 0.102. The monoisotopic (exact) mass is 330 g/mol. The van der Waals surface area contributed by atoms with Crippen molar-refractivity contribution in [3.8, 4) is 0 Å². The molecular weight excluding hydrogens is 316 g/mol. The Morgan fingerprint density at radius 1 is 1.25 bits per heavy atom. The fraction of sp³-hybridized carbons (Fsp3) is 0.188. The summed E-state index contributed by atoms with van der Waals surface area (Å²) in [6.45, 7) is 2.95. The number of amides is 1. The van der Waals surface area contributed by atoms with Crippen LogP contribution in [0.3, 0.4) is 0 Å². The van der Waals surface area contributed by atoms with Crippen LogP contribution in [0.4, 0.5) is 11.4 Å². The Balaban J connectivity index is 1.80. The van der Waals surface area contributed by atoms with Crippen LogP contribution in [0, 0.1) is 6.92 Å². The molecule has 102 valence electrons. The molecule has 20 heavy (non-hydrogen) atoms. The van der Waals surface area contributed by atoms with Crippen LogP contribution in [0.1, 0.15) is 21.5 Å². The van der Waals surface area contributed by atoms with E-state index in [2.05, 4.69) is 26.6 Å². The first-order chi connectivity index (χ1) is 9.63. The van der Waals surface area contributed by atoms with E-state index in [0.29, 0.717) is 5.56 Å². The van der Waals surface area contributed by atoms with E-state index in [9.17, 15) is 4.79 Å². The molecule has 0 radical (unpaired) electrons. The molecule has 1 aliphatic heterocycles. The van der Waals surface area contributed by atoms with Gasteiger partial charge < -0.3 is 10.6 Å². The maximum Gasteiger partial charge on any atom is 0.255 e. The van der Waals surface area contributed by atoms with Crippen LogP contribution in [0.2, 0.25) is 0 Å². The third-order valence-corrected chi connectivity index (χ3v) is 4.38. The highest BCUT2D eigenvalue weighted by molar-refractivity contribution is 9.10. The number of carbonyl (C=O) groups is 1. The predicted molar refractivity (Wildman–Crippen MR) is 85.5 cm³/mol. The summed E-state index contributed by atoms with van der Waals surface area (Å²) in [7, 11) is 0. The lowest BCUT2D eigenvalue weighted by atomic mass is 10.1. The lowest BCUT2D eigenvalue weighted by Gasteiger charge is -2.08. The number of benzene rings is 2. The van der Waals surface area contributed by atoms with Gasteiger partial charge in [0, 0.05) is 28.0 Å². The van der Waals surface area contributed by atoms with E-state index < -0.39 is 0 Å². The van der Waals surface area contributed by atoms with Gasteiger partial charge in [-0.15, -0.1) is 0 Å². The molecule has 2 aromatic carbocycles. The van der Waals surface area contributed by atoms with Crippen LogP contribution in [-0.4, -0.2) is 12.5 Å². The van der Waals surface area contributed by atoms with E-state index >= 15 is 0 Å². The third-order valence-electron chi connectivity index (χ3n) is 3.49. The molecule has 0 aromatic heterocycles. The predicted octanol–water partition coefficient (Wildman–Crippen LogP) is 3.98. The molecule has 2 N–H and O–H groups in total. The van der Waals surface area contributed by atoms with E-state index in [1.165, 1.54) is 11.3 Å². The van der Waals surface area contributed by atoms with E-state index in [4.69, 9.17) is 0 Å². The van der Waals surface area contributed by atoms with Crippen LogP contribution in [0.15, 0.2) is 40.9 Å². The summed E-state index contributed by atoms with van der Waals surface area (Å²) in [6.07, 6.45) is 1.01. The topological polar surface area (TPSA) is 41.1 Å². The van der Waals surface area contributed by atoms with Crippen molar-refractivity contribution >= 4 is 33.2 Å². The van der Waals surface area contributed by atoms with Crippen molar-refractivity contribution in [3.05, 3.63) is 57.6 Å². The number of rotatable bonds is 2. The smallest absolute Gasteiger partial charge is 0.255 e. The summed E-state index contributed by atoms with van der Waals surface area (Å²) < 4.78 is 1.01. The Labute approximate surface area is 126 Å². The lowest BCUT2D eigenvalue weighted by Crippen LogP contribution is -2.12. The fourth-order valence-corrected chi connectivity index (χ4v) is 2.62. The van der Waals surface area contributed by atoms with Gasteiger partial charge in [-0.05, 0) is 60.9 Å². The Morgan fingerprint density at radius 3 is 2.90 bits per heavy atom. The number of hydrogen-bond donors (Lipinski definition) is 2. The second-order valence-corrected chi connectivity index (χ2v) is 5.82. The zero-order valence-electron chi connectivity index (χ0n) is 11.2. The van der Waals surface area contributed by atoms with Crippen LogP contribution < -0.4 is 10.6 Å². The van der Waals surface area contributed by atoms with E-state index in [1.807, 2.05) is 43.3 Å². The molecule has 1 aliphatic rings. The normalized spacial score (nSPS) is 12.7. The number of anilines is 2. The van der Waals surface area contributed by atoms with Gasteiger partial charge in [0.1, 0.15) is 0 Å². The average molecular weight is 331 g/mol. The van der Waals surface area contributed by atoms with Gasteiger partial charge in [-0.2, -0.15) is 0 Å². The highest BCUT2D eigenvalue weighted by atomic mass is 79.9. The number of aryl methyl sites for hydroxylation is 1. The molecule has 2 aromatic rings. The number of halogens is 1. The molecule has 0 saturated heterocycles. The van der Waals surface area contributed by atoms with Crippen molar-refractivity contribution in [3.63, 3.8) is 0 Å². The summed E-state index contributed by atoms with van der Waals surface area (Å²) in [5.74, 6) is -0.0773. The minimum Gasteiger partial charge on any atom is -0.384 e. The van der Waals surface area contributed by atoms with Crippen molar-refractivity contribution < 1.29 is 4.79 Å². The van der Waals surface area contributed by atoms with Crippen LogP contribution in [0.5, 0.6) is 0 Å². The molecule has 0 bridgehead atoms. The van der Waals surface area contributed by atoms with E-state index in [1.54, 1.807) is 0 Å². The van der Waals surface area contributed by atoms with Gasteiger partial charge in [0.15, 0.2) is 0 Å². The summed E-state index contributed by atoms with van der Waals surface area (Å²) in [4.78, 5) is 12.2. The fourth-order valence-electron chi connectivity index (χ4n) is 2.37. The van der Waals surface area contributed by atoms with Crippen LogP contribution >= 0.6 is 15.9 Å². The molecule has 0 spiro atoms. The number of fused-ring (bicyclic) bond motifs is 1. The Kier molecular flexibility index (Phi) is 3.49. The summed E-state index contributed by atoms with van der Waals surface area (Å²) >= 11 is 3.44. The van der Waals surface area contributed by atoms with Crippen LogP contribution in [-0.2, 0) is 6.42 Å². The number of carbonyl (C=O) groups excluding carboxylic acids is 1. The van der Waals surface area contributed by atoms with Gasteiger partial charge in [-0.3, -0.25) is 4.79 Å². The van der Waals surface area contributed by atoms with Crippen molar-refractivity contribution in [2.24, 2.45) is 0 Å². The Morgan fingerprint density at radius 2 is 2.10 bits per heavy atom. The molecule has 0 aliphatic carbocycles. The molecule has 1 heterocycles. The zero-order chi connectivity index (χ0) is 14.1. The SMILES string of the molecule is Cc1cc(C(=O)Nc2ccc3c(c2)CCN3)ccc1Br. The average Bonchev–Trinajstić information content (AvgIpc) is 2.89. The largest absolute Gasteiger partial charge is 0.384 e. The first kappa shape index (κ1) is 13.2. The Hall–Kier alpha value is -1.81. The number of nitrogens with one attached hydrogen (secondary N) is 2. The van der Waals surface area contributed by atoms with Gasteiger partial charge in [0.2, 0.25) is 0 Å². The maximum atomic E-state index is 12.2. The van der Waals surface area contributed by atoms with Gasteiger partial charge in [0.25, 0.3) is 5.91 Å². The van der Waals surface area contributed by atoms with Gasteiger partial charge >= 0.3 is 0 Å². The standard InChI is InChI=1S/C16H15BrN2O/c1-10-8-12(2-4-14(10)17)16(20)19-13-3-5-15-11(9-13)6-7-18-15/h2-5,8-9,18H,6-7H2,1H3,(H,19,20). The minimum absolute atomic E-state index is 0.0773. The molecule has 3 nitrogen and oxygen atoms in total. The highest BCUT2D eigenvalue weighted by Crippen LogP contribution is 2.25.